The van der Waals surface area contributed by atoms with Crippen molar-refractivity contribution < 1.29 is 26.4 Å². The Labute approximate surface area is 257 Å². The van der Waals surface area contributed by atoms with Crippen molar-refractivity contribution in [3.63, 3.8) is 0 Å². The molecule has 3 aromatic carbocycles. The molecular formula is C32H29F3N6O3S. The molecule has 0 saturated carbocycles. The predicted octanol–water partition coefficient (Wildman–Crippen LogP) is 6.52. The highest BCUT2D eigenvalue weighted by atomic mass is 32.2. The van der Waals surface area contributed by atoms with Gasteiger partial charge in [-0.3, -0.25) is 4.79 Å². The second-order valence-corrected chi connectivity index (χ2v) is 12.6. The normalized spacial score (nSPS) is 13.7. The molecule has 13 heteroatoms. The van der Waals surface area contributed by atoms with E-state index in [1.807, 2.05) is 25.1 Å². The fourth-order valence-corrected chi connectivity index (χ4v) is 6.72. The molecule has 0 spiro atoms. The molecule has 0 radical (unpaired) electrons. The molecule has 2 N–H and O–H groups in total. The smallest absolute Gasteiger partial charge is 0.341 e. The molecule has 6 rings (SSSR count). The first kappa shape index (κ1) is 30.1. The Morgan fingerprint density at radius 2 is 1.58 bits per heavy atom. The van der Waals surface area contributed by atoms with Crippen molar-refractivity contribution in [3.8, 4) is 0 Å². The van der Waals surface area contributed by atoms with Crippen molar-refractivity contribution >= 4 is 50.0 Å². The van der Waals surface area contributed by atoms with Crippen molar-refractivity contribution in [1.29, 1.82) is 0 Å². The van der Waals surface area contributed by atoms with Crippen molar-refractivity contribution in [2.24, 2.45) is 0 Å². The van der Waals surface area contributed by atoms with Gasteiger partial charge in [0.25, 0.3) is 10.0 Å². The number of aromatic nitrogens is 3. The van der Waals surface area contributed by atoms with E-state index < -0.39 is 21.8 Å². The Bertz CT molecular complexity index is 1970. The quantitative estimate of drug-likeness (QED) is 0.200. The molecule has 3 heterocycles. The number of hydrogen-bond acceptors (Lipinski definition) is 7. The number of benzene rings is 3. The molecule has 2 aromatic heterocycles. The van der Waals surface area contributed by atoms with Crippen LogP contribution < -0.4 is 15.5 Å². The number of fused-ring (bicyclic) bond motifs is 1. The molecule has 5 aromatic rings. The summed E-state index contributed by atoms with van der Waals surface area (Å²) in [7, 11) is -4.24. The second kappa shape index (κ2) is 11.9. The van der Waals surface area contributed by atoms with Crippen molar-refractivity contribution in [2.45, 2.75) is 37.3 Å². The van der Waals surface area contributed by atoms with E-state index in [0.717, 1.165) is 65.6 Å². The van der Waals surface area contributed by atoms with Crippen LogP contribution in [0, 0.1) is 6.92 Å². The van der Waals surface area contributed by atoms with Crippen LogP contribution in [0.4, 0.5) is 36.3 Å². The van der Waals surface area contributed by atoms with Gasteiger partial charge in [-0.2, -0.15) is 18.2 Å². The van der Waals surface area contributed by atoms with Crippen molar-refractivity contribution in [2.75, 3.05) is 28.6 Å². The SMILES string of the molecule is Cc1cc(Nc2ccc(NC(=O)Cc3cn(S(=O)(=O)c4ccc(C(F)(F)F)cc4)c4ccccc34)cc2)nc(N2CCCC2)n1. The summed E-state index contributed by atoms with van der Waals surface area (Å²) in [5.41, 5.74) is 1.98. The monoisotopic (exact) mass is 634 g/mol. The van der Waals surface area contributed by atoms with E-state index in [4.69, 9.17) is 0 Å². The molecule has 1 amide bonds. The molecule has 0 unspecified atom stereocenters. The molecule has 9 nitrogen and oxygen atoms in total. The molecule has 1 aliphatic heterocycles. The van der Waals surface area contributed by atoms with Gasteiger partial charge in [0, 0.05) is 47.8 Å². The number of nitrogens with zero attached hydrogens (tertiary/aromatic N) is 4. The van der Waals surface area contributed by atoms with Gasteiger partial charge in [-0.1, -0.05) is 18.2 Å². The van der Waals surface area contributed by atoms with Crippen molar-refractivity contribution in [3.05, 3.63) is 102 Å². The summed E-state index contributed by atoms with van der Waals surface area (Å²) in [5, 5.41) is 6.66. The average molecular weight is 635 g/mol. The number of anilines is 4. The summed E-state index contributed by atoms with van der Waals surface area (Å²) in [5.74, 6) is 1.00. The molecule has 45 heavy (non-hydrogen) atoms. The summed E-state index contributed by atoms with van der Waals surface area (Å²) >= 11 is 0. The first-order chi connectivity index (χ1) is 21.5. The minimum absolute atomic E-state index is 0.129. The number of aryl methyl sites for hydroxylation is 1. The molecular weight excluding hydrogens is 605 g/mol. The van der Waals surface area contributed by atoms with Gasteiger partial charge in [0.2, 0.25) is 11.9 Å². The minimum Gasteiger partial charge on any atom is -0.341 e. The van der Waals surface area contributed by atoms with Gasteiger partial charge in [0.05, 0.1) is 22.4 Å². The van der Waals surface area contributed by atoms with Gasteiger partial charge >= 0.3 is 6.18 Å². The fraction of sp³-hybridized carbons (Fsp3) is 0.219. The second-order valence-electron chi connectivity index (χ2n) is 10.8. The topological polar surface area (TPSA) is 109 Å². The van der Waals surface area contributed by atoms with Gasteiger partial charge in [0.15, 0.2) is 0 Å². The third-order valence-corrected chi connectivity index (χ3v) is 9.21. The lowest BCUT2D eigenvalue weighted by molar-refractivity contribution is -0.137. The van der Waals surface area contributed by atoms with Crippen LogP contribution in [0.2, 0.25) is 0 Å². The molecule has 232 valence electrons. The molecule has 0 atom stereocenters. The summed E-state index contributed by atoms with van der Waals surface area (Å²) in [6, 6.07) is 18.9. The standard InChI is InChI=1S/C32H29F3N6O3S/c1-21-18-29(39-31(36-21)40-16-4-5-17-40)37-24-10-12-25(13-11-24)38-30(42)19-22-20-41(28-7-3-2-6-27(22)28)45(43,44)26-14-8-23(9-15-26)32(33,34)35/h2-3,6-15,18,20H,4-5,16-17,19H2,1H3,(H,38,42)(H,36,37,39). The van der Waals surface area contributed by atoms with Gasteiger partial charge in [0.1, 0.15) is 5.82 Å². The van der Waals surface area contributed by atoms with Crippen LogP contribution in [0.15, 0.2) is 90.0 Å². The lowest BCUT2D eigenvalue weighted by atomic mass is 10.1. The maximum absolute atomic E-state index is 13.4. The largest absolute Gasteiger partial charge is 0.416 e. The summed E-state index contributed by atoms with van der Waals surface area (Å²) < 4.78 is 66.9. The maximum atomic E-state index is 13.4. The molecule has 1 fully saturated rings. The summed E-state index contributed by atoms with van der Waals surface area (Å²) in [6.07, 6.45) is -1.14. The van der Waals surface area contributed by atoms with E-state index in [9.17, 15) is 26.4 Å². The minimum atomic E-state index is -4.59. The van der Waals surface area contributed by atoms with E-state index in [0.29, 0.717) is 33.9 Å². The van der Waals surface area contributed by atoms with E-state index in [-0.39, 0.29) is 17.2 Å². The van der Waals surface area contributed by atoms with Crippen LogP contribution in [-0.2, 0) is 27.4 Å². The number of nitrogens with one attached hydrogen (secondary N) is 2. The van der Waals surface area contributed by atoms with Crippen LogP contribution >= 0.6 is 0 Å². The van der Waals surface area contributed by atoms with Crippen LogP contribution in [0.3, 0.4) is 0 Å². The highest BCUT2D eigenvalue weighted by Crippen LogP contribution is 2.32. The molecule has 0 aliphatic carbocycles. The van der Waals surface area contributed by atoms with Gasteiger partial charge in [-0.05, 0) is 79.9 Å². The zero-order chi connectivity index (χ0) is 31.8. The first-order valence-corrected chi connectivity index (χ1v) is 15.7. The number of carbonyl (C=O) groups is 1. The van der Waals surface area contributed by atoms with E-state index >= 15 is 0 Å². The van der Waals surface area contributed by atoms with Crippen LogP contribution in [0.25, 0.3) is 10.9 Å². The third kappa shape index (κ3) is 6.48. The Morgan fingerprint density at radius 1 is 0.911 bits per heavy atom. The maximum Gasteiger partial charge on any atom is 0.416 e. The van der Waals surface area contributed by atoms with Crippen LogP contribution in [0.1, 0.15) is 29.7 Å². The Hall–Kier alpha value is -4.91. The van der Waals surface area contributed by atoms with E-state index in [2.05, 4.69) is 25.5 Å². The number of para-hydroxylation sites is 1. The molecule has 0 bridgehead atoms. The zero-order valence-corrected chi connectivity index (χ0v) is 25.0. The first-order valence-electron chi connectivity index (χ1n) is 14.3. The number of rotatable bonds is 8. The summed E-state index contributed by atoms with van der Waals surface area (Å²) in [6.45, 7) is 3.80. The van der Waals surface area contributed by atoms with E-state index in [1.165, 1.54) is 6.20 Å². The number of hydrogen-bond donors (Lipinski definition) is 2. The number of halogens is 3. The Balaban J connectivity index is 1.16. The van der Waals surface area contributed by atoms with Crippen LogP contribution in [0.5, 0.6) is 0 Å². The third-order valence-electron chi connectivity index (χ3n) is 7.52. The number of carbonyl (C=O) groups excluding carboxylic acids is 1. The Kier molecular flexibility index (Phi) is 7.96. The average Bonchev–Trinajstić information content (AvgIpc) is 3.67. The number of alkyl halides is 3. The van der Waals surface area contributed by atoms with Gasteiger partial charge in [-0.15, -0.1) is 0 Å². The Morgan fingerprint density at radius 3 is 2.27 bits per heavy atom. The van der Waals surface area contributed by atoms with E-state index in [1.54, 1.807) is 36.4 Å². The number of amides is 1. The van der Waals surface area contributed by atoms with Crippen molar-refractivity contribution in [1.82, 2.24) is 13.9 Å². The zero-order valence-electron chi connectivity index (χ0n) is 24.2. The fourth-order valence-electron chi connectivity index (χ4n) is 5.33. The molecule has 1 aliphatic rings. The van der Waals surface area contributed by atoms with Gasteiger partial charge in [-0.25, -0.2) is 17.4 Å². The summed E-state index contributed by atoms with van der Waals surface area (Å²) in [4.78, 5) is 24.1. The van der Waals surface area contributed by atoms with Crippen LogP contribution in [-0.4, -0.2) is 41.4 Å². The lowest BCUT2D eigenvalue weighted by Gasteiger charge is -2.17. The van der Waals surface area contributed by atoms with Gasteiger partial charge < -0.3 is 15.5 Å². The molecule has 1 saturated heterocycles. The predicted molar refractivity (Wildman–Crippen MR) is 166 cm³/mol. The highest BCUT2D eigenvalue weighted by molar-refractivity contribution is 7.90. The highest BCUT2D eigenvalue weighted by Gasteiger charge is 2.31. The lowest BCUT2D eigenvalue weighted by Crippen LogP contribution is -2.21.